The molecule has 8 heteroatoms. The van der Waals surface area contributed by atoms with Gasteiger partial charge in [-0.25, -0.2) is 4.79 Å². The highest BCUT2D eigenvalue weighted by Crippen LogP contribution is 2.44. The number of benzene rings is 1. The Balaban J connectivity index is 1.73. The third-order valence-corrected chi connectivity index (χ3v) is 5.90. The molecule has 1 amide bonds. The minimum absolute atomic E-state index is 0.0318. The van der Waals surface area contributed by atoms with E-state index >= 15 is 0 Å². The van der Waals surface area contributed by atoms with Crippen molar-refractivity contribution in [2.24, 2.45) is 0 Å². The molecule has 1 aromatic heterocycles. The molecule has 2 N–H and O–H groups in total. The monoisotopic (exact) mass is 429 g/mol. The number of carboxylic acids is 1. The average Bonchev–Trinajstić information content (AvgIpc) is 2.71. The minimum Gasteiger partial charge on any atom is -0.487 e. The summed E-state index contributed by atoms with van der Waals surface area (Å²) in [7, 11) is 0. The molecule has 0 radical (unpaired) electrons. The first kappa shape index (κ1) is 21.2. The number of rotatable bonds is 6. The Morgan fingerprint density at radius 3 is 2.65 bits per heavy atom. The van der Waals surface area contributed by atoms with Crippen molar-refractivity contribution in [2.75, 3.05) is 13.2 Å². The number of carbonyl (C=O) groups excluding carboxylic acids is 1. The molecule has 1 aromatic carbocycles. The largest absolute Gasteiger partial charge is 0.487 e. The van der Waals surface area contributed by atoms with Gasteiger partial charge in [0.05, 0.1) is 11.8 Å². The van der Waals surface area contributed by atoms with Crippen molar-refractivity contribution < 1.29 is 28.6 Å². The van der Waals surface area contributed by atoms with Crippen LogP contribution in [-0.2, 0) is 28.9 Å². The van der Waals surface area contributed by atoms with E-state index in [4.69, 9.17) is 19.0 Å². The molecule has 1 aliphatic heterocycles. The van der Waals surface area contributed by atoms with Gasteiger partial charge in [0.1, 0.15) is 22.7 Å². The van der Waals surface area contributed by atoms with Gasteiger partial charge in [-0.15, -0.1) is 0 Å². The predicted molar refractivity (Wildman–Crippen MR) is 113 cm³/mol. The van der Waals surface area contributed by atoms with Gasteiger partial charge in [-0.2, -0.15) is 0 Å². The molecule has 0 atom stereocenters. The molecular weight excluding hydrogens is 402 g/mol. The molecule has 2 aromatic rings. The van der Waals surface area contributed by atoms with Gasteiger partial charge in [0.2, 0.25) is 0 Å². The van der Waals surface area contributed by atoms with Crippen molar-refractivity contribution >= 4 is 22.8 Å². The van der Waals surface area contributed by atoms with Gasteiger partial charge >= 0.3 is 11.6 Å². The van der Waals surface area contributed by atoms with Crippen LogP contribution in [0.1, 0.15) is 56.2 Å². The summed E-state index contributed by atoms with van der Waals surface area (Å²) in [6.07, 6.45) is 4.69. The zero-order valence-corrected chi connectivity index (χ0v) is 17.8. The maximum absolute atomic E-state index is 12.7. The fraction of sp³-hybridized carbons (Fsp3) is 0.522. The molecule has 4 rings (SSSR count). The van der Waals surface area contributed by atoms with Crippen LogP contribution in [-0.4, -0.2) is 35.7 Å². The molecule has 0 saturated carbocycles. The van der Waals surface area contributed by atoms with Crippen LogP contribution in [0.3, 0.4) is 0 Å². The molecule has 8 nitrogen and oxygen atoms in total. The number of carboxylic acid groups (broad SMARTS) is 1. The smallest absolute Gasteiger partial charge is 0.339 e. The molecule has 1 aliphatic carbocycles. The second-order valence-electron chi connectivity index (χ2n) is 8.75. The summed E-state index contributed by atoms with van der Waals surface area (Å²) in [5, 5.41) is 12.0. The number of amides is 1. The lowest BCUT2D eigenvalue weighted by Gasteiger charge is -2.33. The summed E-state index contributed by atoms with van der Waals surface area (Å²) in [5.41, 5.74) is 2.30. The molecule has 166 valence electrons. The van der Waals surface area contributed by atoms with Crippen LogP contribution >= 0.6 is 0 Å². The molecule has 2 heterocycles. The molecule has 0 bridgehead atoms. The average molecular weight is 429 g/mol. The number of carbonyl (C=O) groups is 2. The summed E-state index contributed by atoms with van der Waals surface area (Å²) >= 11 is 0. The van der Waals surface area contributed by atoms with Gasteiger partial charge in [-0.1, -0.05) is 0 Å². The highest BCUT2D eigenvalue weighted by molar-refractivity contribution is 5.92. The van der Waals surface area contributed by atoms with Crippen LogP contribution in [0, 0.1) is 0 Å². The lowest BCUT2D eigenvalue weighted by molar-refractivity contribution is -0.137. The van der Waals surface area contributed by atoms with Crippen molar-refractivity contribution in [3.8, 4) is 11.5 Å². The van der Waals surface area contributed by atoms with Crippen LogP contribution in [0.25, 0.3) is 11.0 Å². The molecule has 0 unspecified atom stereocenters. The first-order valence-corrected chi connectivity index (χ1v) is 10.7. The quantitative estimate of drug-likeness (QED) is 0.679. The van der Waals surface area contributed by atoms with E-state index in [0.29, 0.717) is 29.1 Å². The van der Waals surface area contributed by atoms with Gasteiger partial charge in [0.15, 0.2) is 6.61 Å². The van der Waals surface area contributed by atoms with Gasteiger partial charge in [-0.05, 0) is 57.9 Å². The molecular formula is C23H27NO7. The third-order valence-electron chi connectivity index (χ3n) is 5.90. The lowest BCUT2D eigenvalue weighted by Crippen LogP contribution is -2.33. The number of hydrogen-bond donors (Lipinski definition) is 2. The van der Waals surface area contributed by atoms with E-state index < -0.39 is 11.9 Å². The van der Waals surface area contributed by atoms with Gasteiger partial charge in [0.25, 0.3) is 5.91 Å². The normalized spacial score (nSPS) is 16.7. The summed E-state index contributed by atoms with van der Waals surface area (Å²) in [6, 6.07) is 1.79. The zero-order chi connectivity index (χ0) is 22.2. The molecule has 31 heavy (non-hydrogen) atoms. The predicted octanol–water partition coefficient (Wildman–Crippen LogP) is 2.75. The fourth-order valence-corrected chi connectivity index (χ4v) is 4.33. The summed E-state index contributed by atoms with van der Waals surface area (Å²) in [5.74, 6) is -0.353. The van der Waals surface area contributed by atoms with Crippen LogP contribution < -0.4 is 20.4 Å². The van der Waals surface area contributed by atoms with Crippen molar-refractivity contribution in [1.29, 1.82) is 0 Å². The van der Waals surface area contributed by atoms with E-state index in [1.165, 1.54) is 0 Å². The van der Waals surface area contributed by atoms with Crippen molar-refractivity contribution in [3.05, 3.63) is 33.2 Å². The number of hydrogen-bond acceptors (Lipinski definition) is 6. The zero-order valence-electron chi connectivity index (χ0n) is 17.8. The third kappa shape index (κ3) is 4.38. The Morgan fingerprint density at radius 2 is 1.90 bits per heavy atom. The SMILES string of the molecule is CC1(C)CCc2c(cc(OCC(=O)NCCC(=O)O)c3c4c(c(=O)oc23)CCCC4)O1. The topological polar surface area (TPSA) is 115 Å². The van der Waals surface area contributed by atoms with Gasteiger partial charge in [-0.3, -0.25) is 9.59 Å². The lowest BCUT2D eigenvalue weighted by atomic mass is 9.87. The Labute approximate surface area is 179 Å². The first-order chi connectivity index (χ1) is 14.7. The van der Waals surface area contributed by atoms with E-state index in [9.17, 15) is 14.4 Å². The van der Waals surface area contributed by atoms with E-state index in [1.54, 1.807) is 6.07 Å². The van der Waals surface area contributed by atoms with Crippen LogP contribution in [0.15, 0.2) is 15.3 Å². The number of nitrogens with one attached hydrogen (secondary N) is 1. The summed E-state index contributed by atoms with van der Waals surface area (Å²) in [6.45, 7) is 3.76. The van der Waals surface area contributed by atoms with E-state index in [-0.39, 0.29) is 30.8 Å². The van der Waals surface area contributed by atoms with E-state index in [0.717, 1.165) is 48.6 Å². The van der Waals surface area contributed by atoms with Crippen LogP contribution in [0.4, 0.5) is 0 Å². The van der Waals surface area contributed by atoms with Crippen molar-refractivity contribution in [2.45, 2.75) is 64.4 Å². The maximum atomic E-state index is 12.7. The standard InChI is InChI=1S/C23H27NO7/c1-23(2)9-7-15-16(31-23)11-17(29-12-18(25)24-10-8-19(26)27)20-13-5-3-4-6-14(13)22(28)30-21(15)20/h11H,3-10,12H2,1-2H3,(H,24,25)(H,26,27). The summed E-state index contributed by atoms with van der Waals surface area (Å²) in [4.78, 5) is 35.4. The molecule has 0 spiro atoms. The highest BCUT2D eigenvalue weighted by atomic mass is 16.5. The van der Waals surface area contributed by atoms with Gasteiger partial charge in [0, 0.05) is 23.7 Å². The Bertz CT molecular complexity index is 1100. The second kappa shape index (κ2) is 8.24. The first-order valence-electron chi connectivity index (χ1n) is 10.7. The van der Waals surface area contributed by atoms with Crippen LogP contribution in [0.5, 0.6) is 11.5 Å². The minimum atomic E-state index is -0.983. The fourth-order valence-electron chi connectivity index (χ4n) is 4.33. The molecule has 0 saturated heterocycles. The Hall–Kier alpha value is -3.03. The van der Waals surface area contributed by atoms with Gasteiger partial charge < -0.3 is 24.3 Å². The maximum Gasteiger partial charge on any atom is 0.339 e. The van der Waals surface area contributed by atoms with E-state index in [2.05, 4.69) is 5.32 Å². The van der Waals surface area contributed by atoms with Crippen molar-refractivity contribution in [1.82, 2.24) is 5.32 Å². The number of ether oxygens (including phenoxy) is 2. The number of aryl methyl sites for hydroxylation is 2. The molecule has 2 aliphatic rings. The van der Waals surface area contributed by atoms with E-state index in [1.807, 2.05) is 13.8 Å². The van der Waals surface area contributed by atoms with Crippen LogP contribution in [0.2, 0.25) is 0 Å². The highest BCUT2D eigenvalue weighted by Gasteiger charge is 2.32. The van der Waals surface area contributed by atoms with Crippen molar-refractivity contribution in [3.63, 3.8) is 0 Å². The Morgan fingerprint density at radius 1 is 1.16 bits per heavy atom. The summed E-state index contributed by atoms with van der Waals surface area (Å²) < 4.78 is 17.8. The Kier molecular flexibility index (Phi) is 5.64. The molecule has 0 fully saturated rings. The number of fused-ring (bicyclic) bond motifs is 5. The second-order valence-corrected chi connectivity index (χ2v) is 8.75. The number of aliphatic carboxylic acids is 1.